The summed E-state index contributed by atoms with van der Waals surface area (Å²) < 4.78 is 0. The predicted octanol–water partition coefficient (Wildman–Crippen LogP) is -3.30. The van der Waals surface area contributed by atoms with Crippen LogP contribution in [0, 0.1) is 0 Å². The molecule has 0 saturated heterocycles. The highest BCUT2D eigenvalue weighted by Gasteiger charge is 2.29. The van der Waals surface area contributed by atoms with Crippen LogP contribution in [0.2, 0.25) is 0 Å². The summed E-state index contributed by atoms with van der Waals surface area (Å²) in [5.74, 6) is 0. The lowest BCUT2D eigenvalue weighted by molar-refractivity contribution is -0.136. The fourth-order valence-electron chi connectivity index (χ4n) is 1.08. The Morgan fingerprint density at radius 1 is 0.895 bits per heavy atom. The van der Waals surface area contributed by atoms with Crippen LogP contribution in [0.4, 0.5) is 0 Å². The lowest BCUT2D eigenvalue weighted by Crippen LogP contribution is -2.46. The van der Waals surface area contributed by atoms with Gasteiger partial charge in [0.25, 0.3) is 0 Å². The van der Waals surface area contributed by atoms with Crippen LogP contribution in [-0.4, -0.2) is 75.9 Å². The standard InChI is InChI=1S/C6H12O6.C5H14N2/c7-1-3(9)5(11)6(12)4(10)2-8;6-4-2-1-3-5-7/h1,3-6,8-12H,2H2;1-7H2/t3-,4-,5-,6-;/m1./s1. The second kappa shape index (κ2) is 13.8. The van der Waals surface area contributed by atoms with E-state index in [2.05, 4.69) is 0 Å². The number of aldehydes is 1. The largest absolute Gasteiger partial charge is 0.394 e. The Kier molecular flexibility index (Phi) is 15.1. The molecule has 0 aliphatic heterocycles. The molecule has 9 N–H and O–H groups in total. The maximum atomic E-state index is 9.90. The Bertz CT molecular complexity index is 204. The van der Waals surface area contributed by atoms with Crippen molar-refractivity contribution >= 4 is 6.29 Å². The molecule has 0 aromatic heterocycles. The van der Waals surface area contributed by atoms with Gasteiger partial charge in [-0.15, -0.1) is 0 Å². The molecule has 0 amide bonds. The van der Waals surface area contributed by atoms with E-state index in [0.717, 1.165) is 25.9 Å². The molecule has 0 fully saturated rings. The highest BCUT2D eigenvalue weighted by molar-refractivity contribution is 5.56. The van der Waals surface area contributed by atoms with Crippen molar-refractivity contribution in [3.05, 3.63) is 0 Å². The SMILES string of the molecule is NCCCCCN.O=C[C@@H](O)[C@@H](O)[C@H](O)[C@H](O)CO. The minimum Gasteiger partial charge on any atom is -0.394 e. The van der Waals surface area contributed by atoms with E-state index in [0.29, 0.717) is 0 Å². The van der Waals surface area contributed by atoms with Gasteiger partial charge in [-0.1, -0.05) is 6.42 Å². The zero-order valence-electron chi connectivity index (χ0n) is 10.9. The number of hydrogen-bond donors (Lipinski definition) is 7. The van der Waals surface area contributed by atoms with E-state index in [1.807, 2.05) is 0 Å². The minimum absolute atomic E-state index is 0.0258. The lowest BCUT2D eigenvalue weighted by Gasteiger charge is -2.22. The van der Waals surface area contributed by atoms with Crippen molar-refractivity contribution in [3.8, 4) is 0 Å². The highest BCUT2D eigenvalue weighted by atomic mass is 16.4. The van der Waals surface area contributed by atoms with E-state index >= 15 is 0 Å². The Balaban J connectivity index is 0. The average Bonchev–Trinajstić information content (AvgIpc) is 2.45. The number of aliphatic hydroxyl groups is 5. The first kappa shape index (κ1) is 20.7. The van der Waals surface area contributed by atoms with Gasteiger partial charge < -0.3 is 41.8 Å². The van der Waals surface area contributed by atoms with Crippen molar-refractivity contribution in [2.45, 2.75) is 43.7 Å². The van der Waals surface area contributed by atoms with E-state index in [9.17, 15) is 4.79 Å². The molecule has 0 unspecified atom stereocenters. The molecular weight excluding hydrogens is 256 g/mol. The lowest BCUT2D eigenvalue weighted by atomic mass is 10.0. The average molecular weight is 282 g/mol. The smallest absolute Gasteiger partial charge is 0.151 e. The quantitative estimate of drug-likeness (QED) is 0.170. The van der Waals surface area contributed by atoms with Crippen LogP contribution in [0.5, 0.6) is 0 Å². The third-order valence-electron chi connectivity index (χ3n) is 2.33. The Morgan fingerprint density at radius 3 is 1.68 bits per heavy atom. The fourth-order valence-corrected chi connectivity index (χ4v) is 1.08. The maximum absolute atomic E-state index is 9.90. The van der Waals surface area contributed by atoms with Gasteiger partial charge in [0.1, 0.15) is 24.4 Å². The summed E-state index contributed by atoms with van der Waals surface area (Å²) in [5.41, 5.74) is 10.5. The van der Waals surface area contributed by atoms with Crippen LogP contribution in [0.1, 0.15) is 19.3 Å². The molecule has 0 radical (unpaired) electrons. The summed E-state index contributed by atoms with van der Waals surface area (Å²) in [4.78, 5) is 9.90. The summed E-state index contributed by atoms with van der Waals surface area (Å²) in [5, 5.41) is 43.5. The first-order valence-corrected chi connectivity index (χ1v) is 6.14. The van der Waals surface area contributed by atoms with Gasteiger partial charge in [-0.3, -0.25) is 0 Å². The van der Waals surface area contributed by atoms with Gasteiger partial charge in [0, 0.05) is 0 Å². The summed E-state index contributed by atoms with van der Waals surface area (Å²) in [7, 11) is 0. The second-order valence-corrected chi connectivity index (χ2v) is 4.00. The van der Waals surface area contributed by atoms with Crippen LogP contribution in [0.3, 0.4) is 0 Å². The number of nitrogens with two attached hydrogens (primary N) is 2. The van der Waals surface area contributed by atoms with Crippen molar-refractivity contribution in [2.75, 3.05) is 19.7 Å². The predicted molar refractivity (Wildman–Crippen MR) is 69.1 cm³/mol. The van der Waals surface area contributed by atoms with Crippen LogP contribution in [0.25, 0.3) is 0 Å². The van der Waals surface area contributed by atoms with Crippen molar-refractivity contribution in [1.29, 1.82) is 0 Å². The molecule has 4 atom stereocenters. The van der Waals surface area contributed by atoms with E-state index < -0.39 is 31.0 Å². The molecule has 0 aliphatic carbocycles. The van der Waals surface area contributed by atoms with Gasteiger partial charge >= 0.3 is 0 Å². The first-order chi connectivity index (χ1) is 8.95. The number of aliphatic hydroxyl groups excluding tert-OH is 5. The molecule has 0 aromatic rings. The number of carbonyl (C=O) groups is 1. The highest BCUT2D eigenvalue weighted by Crippen LogP contribution is 2.02. The molecule has 8 nitrogen and oxygen atoms in total. The van der Waals surface area contributed by atoms with E-state index in [4.69, 9.17) is 37.0 Å². The summed E-state index contributed by atoms with van der Waals surface area (Å²) in [6, 6.07) is 0. The molecular formula is C11H26N2O6. The summed E-state index contributed by atoms with van der Waals surface area (Å²) in [6.07, 6.45) is -3.41. The monoisotopic (exact) mass is 282 g/mol. The Morgan fingerprint density at radius 2 is 1.37 bits per heavy atom. The first-order valence-electron chi connectivity index (χ1n) is 6.14. The molecule has 0 bridgehead atoms. The third-order valence-corrected chi connectivity index (χ3v) is 2.33. The van der Waals surface area contributed by atoms with Gasteiger partial charge in [0.2, 0.25) is 0 Å². The zero-order valence-corrected chi connectivity index (χ0v) is 10.9. The normalized spacial score (nSPS) is 16.8. The summed E-state index contributed by atoms with van der Waals surface area (Å²) in [6.45, 7) is 0.851. The number of unbranched alkanes of at least 4 members (excludes halogenated alkanes) is 2. The number of hydrogen-bond acceptors (Lipinski definition) is 8. The van der Waals surface area contributed by atoms with Gasteiger partial charge in [0.15, 0.2) is 6.29 Å². The van der Waals surface area contributed by atoms with Crippen LogP contribution in [0.15, 0.2) is 0 Å². The topological polar surface area (TPSA) is 170 Å². The van der Waals surface area contributed by atoms with Gasteiger partial charge in [-0.05, 0) is 25.9 Å². The zero-order chi connectivity index (χ0) is 15.3. The summed E-state index contributed by atoms with van der Waals surface area (Å²) >= 11 is 0. The van der Waals surface area contributed by atoms with Gasteiger partial charge in [-0.2, -0.15) is 0 Å². The van der Waals surface area contributed by atoms with E-state index in [1.165, 1.54) is 6.42 Å². The second-order valence-electron chi connectivity index (χ2n) is 4.00. The molecule has 8 heteroatoms. The Labute approximate surface area is 112 Å². The number of rotatable bonds is 9. The molecule has 0 rings (SSSR count). The third kappa shape index (κ3) is 11.0. The Hall–Kier alpha value is -0.610. The van der Waals surface area contributed by atoms with Gasteiger partial charge in [-0.25, -0.2) is 0 Å². The van der Waals surface area contributed by atoms with Crippen molar-refractivity contribution in [1.82, 2.24) is 0 Å². The fraction of sp³-hybridized carbons (Fsp3) is 0.909. The molecule has 0 saturated carbocycles. The molecule has 0 heterocycles. The molecule has 0 aromatic carbocycles. The molecule has 116 valence electrons. The molecule has 19 heavy (non-hydrogen) atoms. The van der Waals surface area contributed by atoms with Crippen LogP contribution in [-0.2, 0) is 4.79 Å². The van der Waals surface area contributed by atoms with Crippen molar-refractivity contribution < 1.29 is 30.3 Å². The van der Waals surface area contributed by atoms with E-state index in [-0.39, 0.29) is 6.29 Å². The van der Waals surface area contributed by atoms with Crippen LogP contribution < -0.4 is 11.5 Å². The van der Waals surface area contributed by atoms with Crippen LogP contribution >= 0.6 is 0 Å². The van der Waals surface area contributed by atoms with E-state index in [1.54, 1.807) is 0 Å². The maximum Gasteiger partial charge on any atom is 0.151 e. The van der Waals surface area contributed by atoms with Gasteiger partial charge in [0.05, 0.1) is 6.61 Å². The molecule has 0 aliphatic rings. The number of carbonyl (C=O) groups excluding carboxylic acids is 1. The van der Waals surface area contributed by atoms with Crippen molar-refractivity contribution in [2.24, 2.45) is 11.5 Å². The molecule has 0 spiro atoms. The van der Waals surface area contributed by atoms with Crippen molar-refractivity contribution in [3.63, 3.8) is 0 Å². The minimum atomic E-state index is -1.79.